The van der Waals surface area contributed by atoms with Crippen LogP contribution in [0.15, 0.2) is 42.7 Å². The van der Waals surface area contributed by atoms with Crippen molar-refractivity contribution in [3.63, 3.8) is 0 Å². The van der Waals surface area contributed by atoms with Crippen molar-refractivity contribution in [2.24, 2.45) is 7.05 Å². The molecule has 0 aliphatic carbocycles. The van der Waals surface area contributed by atoms with E-state index in [4.69, 9.17) is 0 Å². The highest BCUT2D eigenvalue weighted by Crippen LogP contribution is 2.21. The minimum absolute atomic E-state index is 0. The van der Waals surface area contributed by atoms with E-state index in [1.54, 1.807) is 0 Å². The number of hydrogen-bond donors (Lipinski definition) is 1. The molecule has 1 aliphatic heterocycles. The van der Waals surface area contributed by atoms with Crippen LogP contribution in [0.25, 0.3) is 0 Å². The summed E-state index contributed by atoms with van der Waals surface area (Å²) in [5.41, 5.74) is 1.41. The molecule has 23 heavy (non-hydrogen) atoms. The number of piperazine rings is 1. The smallest absolute Gasteiger partial charge is 0.127 e. The van der Waals surface area contributed by atoms with Crippen molar-refractivity contribution in [3.8, 4) is 0 Å². The van der Waals surface area contributed by atoms with Gasteiger partial charge < -0.3 is 9.88 Å². The SMILES string of the molecule is Cl.Cn1ccnc1C1CNCCN1CCSCc1ccccc1. The minimum atomic E-state index is 0. The topological polar surface area (TPSA) is 33.1 Å². The molecule has 4 nitrogen and oxygen atoms in total. The Balaban J connectivity index is 0.00000192. The van der Waals surface area contributed by atoms with Crippen molar-refractivity contribution in [1.82, 2.24) is 19.8 Å². The van der Waals surface area contributed by atoms with Crippen molar-refractivity contribution in [1.29, 1.82) is 0 Å². The lowest BCUT2D eigenvalue weighted by atomic mass is 10.2. The van der Waals surface area contributed by atoms with Gasteiger partial charge in [0.25, 0.3) is 0 Å². The summed E-state index contributed by atoms with van der Waals surface area (Å²) in [6, 6.07) is 11.1. The first kappa shape index (κ1) is 18.3. The molecule has 1 fully saturated rings. The zero-order valence-electron chi connectivity index (χ0n) is 13.5. The molecule has 1 unspecified atom stereocenters. The molecule has 2 aromatic rings. The van der Waals surface area contributed by atoms with Gasteiger partial charge >= 0.3 is 0 Å². The van der Waals surface area contributed by atoms with E-state index in [9.17, 15) is 0 Å². The predicted molar refractivity (Wildman–Crippen MR) is 100 cm³/mol. The Bertz CT molecular complexity index is 575. The maximum Gasteiger partial charge on any atom is 0.127 e. The van der Waals surface area contributed by atoms with Crippen LogP contribution >= 0.6 is 24.2 Å². The number of imidazole rings is 1. The quantitative estimate of drug-likeness (QED) is 0.810. The third kappa shape index (κ3) is 4.98. The number of aromatic nitrogens is 2. The molecule has 126 valence electrons. The molecule has 2 heterocycles. The number of aryl methyl sites for hydroxylation is 1. The fourth-order valence-corrected chi connectivity index (χ4v) is 3.85. The molecule has 1 N–H and O–H groups in total. The minimum Gasteiger partial charge on any atom is -0.337 e. The lowest BCUT2D eigenvalue weighted by Crippen LogP contribution is -2.47. The molecule has 0 spiro atoms. The molecule has 1 aromatic carbocycles. The Kier molecular flexibility index (Phi) is 7.43. The van der Waals surface area contributed by atoms with Gasteiger partial charge in [-0.1, -0.05) is 30.3 Å². The Morgan fingerprint density at radius 3 is 2.87 bits per heavy atom. The first-order valence-electron chi connectivity index (χ1n) is 7.88. The molecular formula is C17H25ClN4S. The Morgan fingerprint density at radius 2 is 2.13 bits per heavy atom. The summed E-state index contributed by atoms with van der Waals surface area (Å²) in [5, 5.41) is 3.49. The Morgan fingerprint density at radius 1 is 1.30 bits per heavy atom. The molecule has 1 atom stereocenters. The molecule has 0 saturated carbocycles. The van der Waals surface area contributed by atoms with Crippen LogP contribution < -0.4 is 5.32 Å². The standard InChI is InChI=1S/C17H24N4S.ClH/c1-20-9-8-19-17(20)16-13-18-7-10-21(16)11-12-22-14-15-5-3-2-4-6-15;/h2-6,8-9,16,18H,7,10-14H2,1H3;1H. The van der Waals surface area contributed by atoms with E-state index >= 15 is 0 Å². The summed E-state index contributed by atoms with van der Waals surface area (Å²) in [6.07, 6.45) is 3.93. The summed E-state index contributed by atoms with van der Waals surface area (Å²) in [7, 11) is 2.08. The number of thioether (sulfide) groups is 1. The summed E-state index contributed by atoms with van der Waals surface area (Å²) < 4.78 is 2.14. The van der Waals surface area contributed by atoms with Crippen LogP contribution in [-0.2, 0) is 12.8 Å². The zero-order valence-corrected chi connectivity index (χ0v) is 15.2. The van der Waals surface area contributed by atoms with Gasteiger partial charge in [0.1, 0.15) is 5.82 Å². The lowest BCUT2D eigenvalue weighted by molar-refractivity contribution is 0.163. The number of halogens is 1. The second-order valence-corrected chi connectivity index (χ2v) is 6.80. The van der Waals surface area contributed by atoms with Gasteiger partial charge in [0, 0.05) is 57.1 Å². The van der Waals surface area contributed by atoms with Crippen molar-refractivity contribution in [2.75, 3.05) is 31.9 Å². The van der Waals surface area contributed by atoms with E-state index < -0.39 is 0 Å². The first-order chi connectivity index (χ1) is 10.8. The Hall–Kier alpha value is -1.01. The van der Waals surface area contributed by atoms with Crippen LogP contribution in [0, 0.1) is 0 Å². The molecule has 6 heteroatoms. The van der Waals surface area contributed by atoms with Crippen LogP contribution in [0.2, 0.25) is 0 Å². The normalized spacial score (nSPS) is 18.6. The fraction of sp³-hybridized carbons (Fsp3) is 0.471. The van der Waals surface area contributed by atoms with Gasteiger partial charge in [-0.2, -0.15) is 11.8 Å². The maximum absolute atomic E-state index is 4.54. The largest absolute Gasteiger partial charge is 0.337 e. The highest BCUT2D eigenvalue weighted by molar-refractivity contribution is 7.98. The summed E-state index contributed by atoms with van der Waals surface area (Å²) in [5.74, 6) is 3.43. The molecular weight excluding hydrogens is 328 g/mol. The number of rotatable bonds is 6. The van der Waals surface area contributed by atoms with Crippen molar-refractivity contribution < 1.29 is 0 Å². The van der Waals surface area contributed by atoms with E-state index in [1.165, 1.54) is 11.4 Å². The molecule has 1 aromatic heterocycles. The first-order valence-corrected chi connectivity index (χ1v) is 9.04. The number of nitrogens with zero attached hydrogens (tertiary/aromatic N) is 3. The maximum atomic E-state index is 4.54. The van der Waals surface area contributed by atoms with Crippen molar-refractivity contribution >= 4 is 24.2 Å². The lowest BCUT2D eigenvalue weighted by Gasteiger charge is -2.35. The van der Waals surface area contributed by atoms with Crippen molar-refractivity contribution in [3.05, 3.63) is 54.1 Å². The summed E-state index contributed by atoms with van der Waals surface area (Å²) in [4.78, 5) is 7.11. The van der Waals surface area contributed by atoms with Gasteiger partial charge in [-0.15, -0.1) is 12.4 Å². The van der Waals surface area contributed by atoms with Gasteiger partial charge in [0.05, 0.1) is 6.04 Å². The number of benzene rings is 1. The van der Waals surface area contributed by atoms with E-state index in [1.807, 2.05) is 24.2 Å². The van der Waals surface area contributed by atoms with E-state index in [2.05, 4.69) is 57.1 Å². The van der Waals surface area contributed by atoms with Gasteiger partial charge in [-0.3, -0.25) is 4.90 Å². The van der Waals surface area contributed by atoms with Gasteiger partial charge in [0.2, 0.25) is 0 Å². The summed E-state index contributed by atoms with van der Waals surface area (Å²) >= 11 is 2.01. The molecule has 0 amide bonds. The van der Waals surface area contributed by atoms with Gasteiger partial charge in [-0.05, 0) is 5.56 Å². The third-order valence-electron chi connectivity index (χ3n) is 4.15. The number of hydrogen-bond acceptors (Lipinski definition) is 4. The zero-order chi connectivity index (χ0) is 15.2. The molecule has 1 aliphatic rings. The van der Waals surface area contributed by atoms with Crippen LogP contribution in [0.5, 0.6) is 0 Å². The second-order valence-electron chi connectivity index (χ2n) is 5.69. The third-order valence-corrected chi connectivity index (χ3v) is 5.15. The average molecular weight is 353 g/mol. The molecule has 0 radical (unpaired) electrons. The summed E-state index contributed by atoms with van der Waals surface area (Å²) in [6.45, 7) is 4.29. The second kappa shape index (κ2) is 9.33. The van der Waals surface area contributed by atoms with Crippen LogP contribution in [0.4, 0.5) is 0 Å². The average Bonchev–Trinajstić information content (AvgIpc) is 2.99. The molecule has 3 rings (SSSR count). The van der Waals surface area contributed by atoms with Crippen molar-refractivity contribution in [2.45, 2.75) is 11.8 Å². The highest BCUT2D eigenvalue weighted by atomic mass is 35.5. The van der Waals surface area contributed by atoms with Crippen LogP contribution in [-0.4, -0.2) is 46.4 Å². The van der Waals surface area contributed by atoms with Gasteiger partial charge in [0.15, 0.2) is 0 Å². The van der Waals surface area contributed by atoms with E-state index in [0.29, 0.717) is 6.04 Å². The van der Waals surface area contributed by atoms with Crippen LogP contribution in [0.1, 0.15) is 17.4 Å². The van der Waals surface area contributed by atoms with E-state index in [-0.39, 0.29) is 12.4 Å². The van der Waals surface area contributed by atoms with Crippen LogP contribution in [0.3, 0.4) is 0 Å². The predicted octanol–water partition coefficient (Wildman–Crippen LogP) is 2.72. The van der Waals surface area contributed by atoms with E-state index in [0.717, 1.165) is 37.7 Å². The molecule has 1 saturated heterocycles. The molecule has 0 bridgehead atoms. The Labute approximate surface area is 149 Å². The fourth-order valence-electron chi connectivity index (χ4n) is 2.91. The monoisotopic (exact) mass is 352 g/mol. The van der Waals surface area contributed by atoms with Gasteiger partial charge in [-0.25, -0.2) is 4.98 Å². The highest BCUT2D eigenvalue weighted by Gasteiger charge is 2.26. The number of nitrogens with one attached hydrogen (secondary N) is 1.